The number of primary amides is 1. The Labute approximate surface area is 510 Å². The van der Waals surface area contributed by atoms with Crippen molar-refractivity contribution in [2.75, 3.05) is 37.3 Å². The maximum Gasteiger partial charge on any atom is 0.243 e. The van der Waals surface area contributed by atoms with Gasteiger partial charge in [-0.1, -0.05) is 60.1 Å². The van der Waals surface area contributed by atoms with Crippen LogP contribution in [0.15, 0.2) is 47.5 Å². The zero-order valence-electron chi connectivity index (χ0n) is 50.9. The van der Waals surface area contributed by atoms with Crippen molar-refractivity contribution in [3.05, 3.63) is 53.6 Å². The second-order valence-corrected chi connectivity index (χ2v) is 25.7. The van der Waals surface area contributed by atoms with E-state index >= 15 is 0 Å². The minimum absolute atomic E-state index is 0.0249. The van der Waals surface area contributed by atoms with Crippen LogP contribution in [-0.4, -0.2) is 170 Å². The van der Waals surface area contributed by atoms with Crippen LogP contribution in [-0.2, 0) is 65.8 Å². The van der Waals surface area contributed by atoms with Crippen LogP contribution in [0, 0.1) is 35.5 Å². The molecule has 0 spiro atoms. The molecule has 6 rings (SSSR count). The van der Waals surface area contributed by atoms with E-state index in [1.165, 1.54) is 6.92 Å². The molecular weight excluding hydrogens is 1140 g/mol. The van der Waals surface area contributed by atoms with Gasteiger partial charge in [-0.15, -0.1) is 11.8 Å². The number of nitrogens with zero attached hydrogens (tertiary/aromatic N) is 1. The molecule has 476 valence electrons. The number of ether oxygens (including phenoxy) is 1. The highest BCUT2D eigenvalue weighted by atomic mass is 32.2. The number of aromatic nitrogens is 1. The summed E-state index contributed by atoms with van der Waals surface area (Å²) in [6.07, 6.45) is -5.07. The Morgan fingerprint density at radius 3 is 2.14 bits per heavy atom. The number of aliphatic hydroxyl groups is 3. The van der Waals surface area contributed by atoms with Crippen molar-refractivity contribution >= 4 is 93.0 Å². The molecular formula is C61H86N10O15S. The Kier molecular flexibility index (Phi) is 24.2. The molecule has 3 aliphatic rings. The van der Waals surface area contributed by atoms with E-state index in [-0.39, 0.29) is 54.8 Å². The molecule has 13 N–H and O–H groups in total. The lowest BCUT2D eigenvalue weighted by Gasteiger charge is -2.32. The summed E-state index contributed by atoms with van der Waals surface area (Å²) in [5, 5.41) is 52.1. The highest BCUT2D eigenvalue weighted by Gasteiger charge is 2.45. The number of carbonyl (C=O) groups is 11. The standard InChI is InChI=1S/C61H86N10O15S/c1-10-31(4)53-58(84)64-24-50(79)66-43-29-87-59-41(40-16-15-39(23-42(40)67-59)86-28-34-11-13-37(14-12-34)65-55(81)32(5)17-46(75)52(30(2)3)70-61(7,8)9)18-35(56(82)63-25-51(80)68-53)19-47(76)54(33(6)48(77)27-72)69-57(83)44-22-38(73)26-71(44)60(85)36(20-45(43)74)21-49(62)78/h11-16,23,30-33,35-36,38,43-44,48,52-54,67,70,72-73,77H,10,17-22,24-29H2,1-9H3,(H2,62,78)(H,63,82)(H,64,84)(H,65,81)(H,66,79)(H,68,80)(H,69,83)/t31-,32+,33-,35+,36-,38+,43-,44-,48-,52-,53-,54-/m0/s1. The van der Waals surface area contributed by atoms with Crippen LogP contribution in [0.3, 0.4) is 0 Å². The van der Waals surface area contributed by atoms with Gasteiger partial charge in [-0.3, -0.25) is 52.7 Å². The number of hydrogen-bond donors (Lipinski definition) is 12. The first kappa shape index (κ1) is 68.8. The van der Waals surface area contributed by atoms with Crippen molar-refractivity contribution in [2.24, 2.45) is 41.2 Å². The summed E-state index contributed by atoms with van der Waals surface area (Å²) in [5.74, 6) is -13.0. The minimum atomic E-state index is -1.63. The lowest BCUT2D eigenvalue weighted by Crippen LogP contribution is -2.56. The number of ketones is 3. The number of aromatic amines is 1. The van der Waals surface area contributed by atoms with Gasteiger partial charge in [-0.25, -0.2) is 0 Å². The van der Waals surface area contributed by atoms with Crippen LogP contribution in [0.4, 0.5) is 5.69 Å². The Bertz CT molecular complexity index is 3040. The second-order valence-electron chi connectivity index (χ2n) is 24.7. The number of aliphatic hydroxyl groups excluding tert-OH is 3. The predicted molar refractivity (Wildman–Crippen MR) is 322 cm³/mol. The van der Waals surface area contributed by atoms with Crippen molar-refractivity contribution in [1.29, 1.82) is 0 Å². The molecule has 2 aromatic carbocycles. The molecule has 1 saturated heterocycles. The molecule has 1 fully saturated rings. The Hall–Kier alpha value is -7.26. The smallest absolute Gasteiger partial charge is 0.243 e. The van der Waals surface area contributed by atoms with E-state index in [4.69, 9.17) is 10.5 Å². The SMILES string of the molecule is CC[C@H](C)[C@@H]1NC(=O)CNC(=O)[C@H]2CC(=O)[C@H]([C@@H](C)[C@@H](O)CO)NC(=O)[C@@H]3C[C@@H](O)CN3C(=O)[C@H](CC(N)=O)CC(=O)[C@H](CSc3[nH]c4cc(OCc5ccc(NC(=O)[C@H](C)CC(=O)[C@@H](NC(C)(C)C)C(C)C)cc5)ccc4c3C2)NC(=O)CNC1=O. The van der Waals surface area contributed by atoms with Gasteiger partial charge in [-0.05, 0) is 74.4 Å². The average molecular weight is 1230 g/mol. The van der Waals surface area contributed by atoms with Crippen molar-refractivity contribution in [3.63, 3.8) is 0 Å². The fraction of sp³-hybridized carbons (Fsp3) is 0.590. The third-order valence-electron chi connectivity index (χ3n) is 16.1. The first-order valence-corrected chi connectivity index (χ1v) is 30.6. The van der Waals surface area contributed by atoms with E-state index in [0.29, 0.717) is 39.4 Å². The molecule has 3 aromatic rings. The van der Waals surface area contributed by atoms with E-state index in [0.717, 1.165) is 22.2 Å². The summed E-state index contributed by atoms with van der Waals surface area (Å²) < 4.78 is 6.26. The highest BCUT2D eigenvalue weighted by Crippen LogP contribution is 2.36. The maximum atomic E-state index is 14.9. The first-order chi connectivity index (χ1) is 41.0. The van der Waals surface area contributed by atoms with Crippen LogP contribution >= 0.6 is 11.8 Å². The number of nitrogens with two attached hydrogens (primary N) is 1. The average Bonchev–Trinajstić information content (AvgIpc) is 1.88. The van der Waals surface area contributed by atoms with Crippen LogP contribution in [0.25, 0.3) is 10.9 Å². The van der Waals surface area contributed by atoms with E-state index in [2.05, 4.69) is 42.2 Å². The third kappa shape index (κ3) is 18.9. The molecule has 0 aliphatic carbocycles. The Morgan fingerprint density at radius 1 is 0.839 bits per heavy atom. The van der Waals surface area contributed by atoms with Crippen molar-refractivity contribution in [2.45, 2.75) is 167 Å². The third-order valence-corrected chi connectivity index (χ3v) is 17.3. The van der Waals surface area contributed by atoms with E-state index in [1.54, 1.807) is 63.2 Å². The van der Waals surface area contributed by atoms with E-state index in [1.807, 2.05) is 34.6 Å². The van der Waals surface area contributed by atoms with Gasteiger partial charge in [0.2, 0.25) is 47.3 Å². The molecule has 2 bridgehead atoms. The lowest BCUT2D eigenvalue weighted by atomic mass is 9.85. The molecule has 12 atom stereocenters. The molecule has 4 heterocycles. The monoisotopic (exact) mass is 1230 g/mol. The lowest BCUT2D eigenvalue weighted by molar-refractivity contribution is -0.145. The molecule has 0 saturated carbocycles. The van der Waals surface area contributed by atoms with Gasteiger partial charge in [0.15, 0.2) is 17.3 Å². The number of fused-ring (bicyclic) bond motifs is 5. The van der Waals surface area contributed by atoms with Crippen molar-refractivity contribution in [1.82, 2.24) is 41.8 Å². The number of nitrogens with one attached hydrogen (secondary N) is 8. The summed E-state index contributed by atoms with van der Waals surface area (Å²) in [6, 6.07) is 5.88. The van der Waals surface area contributed by atoms with Gasteiger partial charge in [0.05, 0.1) is 66.5 Å². The number of Topliss-reactive ketones (excluding diaryl/α,β-unsaturated/α-hetero) is 3. The summed E-state index contributed by atoms with van der Waals surface area (Å²) in [4.78, 5) is 158. The van der Waals surface area contributed by atoms with Crippen LogP contribution in [0.5, 0.6) is 5.75 Å². The van der Waals surface area contributed by atoms with Gasteiger partial charge < -0.3 is 72.9 Å². The molecule has 0 unspecified atom stereocenters. The number of hydrogen-bond acceptors (Lipinski definition) is 17. The quantitative estimate of drug-likeness (QED) is 0.0899. The molecule has 26 heteroatoms. The van der Waals surface area contributed by atoms with Gasteiger partial charge >= 0.3 is 0 Å². The maximum absolute atomic E-state index is 14.9. The second kappa shape index (κ2) is 30.6. The Morgan fingerprint density at radius 2 is 1.51 bits per heavy atom. The zero-order valence-corrected chi connectivity index (χ0v) is 51.7. The largest absolute Gasteiger partial charge is 0.489 e. The van der Waals surface area contributed by atoms with Gasteiger partial charge in [0, 0.05) is 84.8 Å². The van der Waals surface area contributed by atoms with Gasteiger partial charge in [0.1, 0.15) is 24.4 Å². The fourth-order valence-electron chi connectivity index (χ4n) is 10.9. The molecule has 8 amide bonds. The van der Waals surface area contributed by atoms with Crippen molar-refractivity contribution in [3.8, 4) is 5.75 Å². The molecule has 1 aromatic heterocycles. The normalized spacial score (nSPS) is 24.3. The number of amides is 8. The molecule has 3 aliphatic heterocycles. The van der Waals surface area contributed by atoms with Gasteiger partial charge in [-0.2, -0.15) is 0 Å². The minimum Gasteiger partial charge on any atom is -0.489 e. The summed E-state index contributed by atoms with van der Waals surface area (Å²) in [5.41, 5.74) is 7.48. The number of benzene rings is 2. The summed E-state index contributed by atoms with van der Waals surface area (Å²) >= 11 is 1.03. The summed E-state index contributed by atoms with van der Waals surface area (Å²) in [7, 11) is 0. The summed E-state index contributed by atoms with van der Waals surface area (Å²) in [6.45, 7) is 13.9. The zero-order chi connectivity index (χ0) is 64.2. The van der Waals surface area contributed by atoms with Crippen LogP contribution < -0.4 is 47.7 Å². The number of anilines is 1. The van der Waals surface area contributed by atoms with E-state index in [9.17, 15) is 68.1 Å². The predicted octanol–water partition coefficient (Wildman–Crippen LogP) is 1.07. The molecule has 25 nitrogen and oxygen atoms in total. The number of rotatable bonds is 17. The fourth-order valence-corrected chi connectivity index (χ4v) is 12.1. The number of H-pyrrole nitrogens is 1. The van der Waals surface area contributed by atoms with Crippen LogP contribution in [0.1, 0.15) is 112 Å². The Balaban J connectivity index is 1.39. The number of carbonyl (C=O) groups excluding carboxylic acids is 11. The van der Waals surface area contributed by atoms with Crippen LogP contribution in [0.2, 0.25) is 0 Å². The highest BCUT2D eigenvalue weighted by molar-refractivity contribution is 7.99. The first-order valence-electron chi connectivity index (χ1n) is 29.6. The molecule has 0 radical (unpaired) electrons. The van der Waals surface area contributed by atoms with Crippen molar-refractivity contribution < 1.29 is 72.8 Å². The number of thioether (sulfide) groups is 1. The molecule has 87 heavy (non-hydrogen) atoms. The van der Waals surface area contributed by atoms with E-state index < -0.39 is 170 Å². The topological polar surface area (TPSA) is 387 Å². The van der Waals surface area contributed by atoms with Gasteiger partial charge in [0.25, 0.3) is 0 Å².